The third-order valence-corrected chi connectivity index (χ3v) is 14.8. The minimum atomic E-state index is -3.57. The van der Waals surface area contributed by atoms with E-state index in [0.717, 1.165) is 113 Å². The average Bonchev–Trinajstić information content (AvgIpc) is 4.00. The number of carboxylic acids is 1. The van der Waals surface area contributed by atoms with Gasteiger partial charge in [-0.2, -0.15) is 19.2 Å². The van der Waals surface area contributed by atoms with Crippen LogP contribution in [-0.2, 0) is 29.5 Å². The van der Waals surface area contributed by atoms with Crippen molar-refractivity contribution in [3.05, 3.63) is 102 Å². The van der Waals surface area contributed by atoms with Gasteiger partial charge in [0.15, 0.2) is 11.3 Å². The number of benzene rings is 2. The summed E-state index contributed by atoms with van der Waals surface area (Å²) in [5, 5.41) is 22.9. The first-order chi connectivity index (χ1) is 34.8. The highest BCUT2D eigenvalue weighted by atomic mass is 79.9. The molecule has 8 heterocycles. The number of carbonyl (C=O) groups is 2. The van der Waals surface area contributed by atoms with E-state index in [-0.39, 0.29) is 34.5 Å². The number of morpholine rings is 2. The second kappa shape index (κ2) is 23.8. The van der Waals surface area contributed by atoms with E-state index in [1.54, 1.807) is 39.7 Å². The lowest BCUT2D eigenvalue weighted by Gasteiger charge is -2.35. The lowest BCUT2D eigenvalue weighted by atomic mass is 9.98. The Hall–Kier alpha value is -4.86. The van der Waals surface area contributed by atoms with Crippen LogP contribution in [0.15, 0.2) is 69.6 Å². The maximum Gasteiger partial charge on any atom is 0.337 e. The van der Waals surface area contributed by atoms with Crippen molar-refractivity contribution in [1.29, 1.82) is 0 Å². The van der Waals surface area contributed by atoms with E-state index in [2.05, 4.69) is 72.5 Å². The van der Waals surface area contributed by atoms with Gasteiger partial charge < -0.3 is 34.6 Å². The Labute approximate surface area is 449 Å². The van der Waals surface area contributed by atoms with Crippen LogP contribution in [0.4, 0.5) is 23.0 Å². The molecular formula is C46H54Br2Cl2N12O9S2. The smallest absolute Gasteiger partial charge is 0.337 e. The first-order valence-electron chi connectivity index (χ1n) is 23.4. The standard InChI is InChI=1S/C23H26BrClN6O4S.C15H20ClN5O.C8H8BrNO4S/c1-36(33,34)28-17-6-5-15(24)12-16(17)23(32)30-7-3-2-4-19(30)18-13-21-26-20(25)14-22(31(21)27-18)29-8-10-35-11-9-29;16-13-10-15(20-5-7-22-8-6-20)21-14(18-13)9-12(19-21)11-3-1-2-4-17-11;1-15(13,14)10-7-3-2-5(9)4-6(7)8(11)12/h5-6,12-14,19,28H,2-4,7-11H2,1H3;9-11,17H,1-8H2;2-4,10H,1H3,(H,11,12)/t19-;11-;/m00./s1. The number of likely N-dealkylation sites (tertiary alicyclic amines) is 1. The Morgan fingerprint density at radius 1 is 0.671 bits per heavy atom. The third-order valence-electron chi connectivity index (χ3n) is 12.2. The van der Waals surface area contributed by atoms with Crippen LogP contribution < -0.4 is 24.6 Å². The van der Waals surface area contributed by atoms with Gasteiger partial charge in [-0.1, -0.05) is 61.5 Å². The summed E-state index contributed by atoms with van der Waals surface area (Å²) in [4.78, 5) is 39.7. The summed E-state index contributed by atoms with van der Waals surface area (Å²) < 4.78 is 66.2. The fraction of sp³-hybridized carbons (Fsp3) is 0.435. The van der Waals surface area contributed by atoms with Gasteiger partial charge in [-0.25, -0.2) is 31.6 Å². The molecule has 0 aliphatic carbocycles. The molecule has 392 valence electrons. The Balaban J connectivity index is 0.000000163. The molecule has 0 unspecified atom stereocenters. The molecule has 6 aromatic rings. The van der Waals surface area contributed by atoms with Crippen LogP contribution in [0.25, 0.3) is 11.3 Å². The van der Waals surface area contributed by atoms with Crippen molar-refractivity contribution < 1.29 is 41.0 Å². The Bertz CT molecular complexity index is 3210. The predicted octanol–water partition coefficient (Wildman–Crippen LogP) is 7.27. The number of amides is 1. The monoisotopic (exact) mass is 1210 g/mol. The van der Waals surface area contributed by atoms with Gasteiger partial charge in [-0.3, -0.25) is 14.2 Å². The van der Waals surface area contributed by atoms with E-state index >= 15 is 0 Å². The van der Waals surface area contributed by atoms with E-state index in [1.807, 2.05) is 16.6 Å². The van der Waals surface area contributed by atoms with E-state index in [4.69, 9.17) is 48.0 Å². The highest BCUT2D eigenvalue weighted by Crippen LogP contribution is 2.35. The van der Waals surface area contributed by atoms with E-state index in [9.17, 15) is 26.4 Å². The number of nitrogens with zero attached hydrogens (tertiary/aromatic N) is 9. The molecule has 4 aliphatic heterocycles. The molecule has 0 bridgehead atoms. The number of halogens is 4. The first kappa shape index (κ1) is 54.4. The zero-order chi connectivity index (χ0) is 52.0. The predicted molar refractivity (Wildman–Crippen MR) is 286 cm³/mol. The Kier molecular flexibility index (Phi) is 17.7. The molecule has 4 saturated heterocycles. The van der Waals surface area contributed by atoms with Crippen LogP contribution in [0.3, 0.4) is 0 Å². The van der Waals surface area contributed by atoms with Gasteiger partial charge in [0.25, 0.3) is 5.91 Å². The number of rotatable bonds is 10. The summed E-state index contributed by atoms with van der Waals surface area (Å²) in [6, 6.07) is 16.9. The fourth-order valence-electron chi connectivity index (χ4n) is 8.97. The molecule has 2 atom stereocenters. The number of nitrogens with one attached hydrogen (secondary N) is 3. The number of carboxylic acid groups (broad SMARTS) is 1. The molecule has 10 rings (SSSR count). The lowest BCUT2D eigenvalue weighted by Crippen LogP contribution is -2.39. The van der Waals surface area contributed by atoms with Crippen molar-refractivity contribution in [1.82, 2.24) is 39.4 Å². The second-order valence-corrected chi connectivity index (χ2v) is 23.8. The van der Waals surface area contributed by atoms with Crippen molar-refractivity contribution >= 4 is 121 Å². The van der Waals surface area contributed by atoms with Crippen molar-refractivity contribution in [2.45, 2.75) is 50.6 Å². The van der Waals surface area contributed by atoms with Crippen molar-refractivity contribution in [3.63, 3.8) is 0 Å². The fourth-order valence-corrected chi connectivity index (χ4v) is 11.2. The quantitative estimate of drug-likeness (QED) is 0.0985. The minimum Gasteiger partial charge on any atom is -0.478 e. The summed E-state index contributed by atoms with van der Waals surface area (Å²) in [7, 11) is -7.04. The van der Waals surface area contributed by atoms with Crippen molar-refractivity contribution in [3.8, 4) is 0 Å². The molecule has 1 amide bonds. The van der Waals surface area contributed by atoms with Crippen LogP contribution >= 0.6 is 55.1 Å². The molecule has 0 saturated carbocycles. The number of fused-ring (bicyclic) bond motifs is 2. The number of piperidine rings is 2. The van der Waals surface area contributed by atoms with Crippen molar-refractivity contribution in [2.75, 3.05) is 97.5 Å². The lowest BCUT2D eigenvalue weighted by molar-refractivity contribution is 0.0606. The highest BCUT2D eigenvalue weighted by molar-refractivity contribution is 9.10. The topological polar surface area (TPSA) is 247 Å². The molecule has 73 heavy (non-hydrogen) atoms. The number of carbonyl (C=O) groups excluding carboxylic acids is 1. The van der Waals surface area contributed by atoms with Crippen molar-refractivity contribution in [2.24, 2.45) is 0 Å². The SMILES string of the molecule is CS(=O)(=O)Nc1ccc(Br)cc1C(=O)N1CCCC[C@H]1c1cc2nc(Cl)cc(N3CCOCC3)n2n1.CS(=O)(=O)Nc1ccc(Br)cc1C(=O)O.Clc1cc(N2CCOCC2)n2nc([C@@H]3CCCCN3)cc2n1. The van der Waals surface area contributed by atoms with Gasteiger partial charge in [-0.05, 0) is 75.0 Å². The summed E-state index contributed by atoms with van der Waals surface area (Å²) in [5.74, 6) is 0.381. The number of hydrogen-bond acceptors (Lipinski definition) is 15. The Morgan fingerprint density at radius 3 is 1.67 bits per heavy atom. The maximum atomic E-state index is 13.8. The molecular weight excluding hydrogens is 1160 g/mol. The first-order valence-corrected chi connectivity index (χ1v) is 29.5. The molecule has 0 spiro atoms. The Morgan fingerprint density at radius 2 is 1.16 bits per heavy atom. The molecule has 2 aromatic carbocycles. The van der Waals surface area contributed by atoms with Gasteiger partial charge >= 0.3 is 5.97 Å². The zero-order valence-corrected chi connectivity index (χ0v) is 46.1. The van der Waals surface area contributed by atoms with Gasteiger partial charge in [0, 0.05) is 65.9 Å². The summed E-state index contributed by atoms with van der Waals surface area (Å²) in [5.41, 5.74) is 3.68. The van der Waals surface area contributed by atoms with Gasteiger partial charge in [0.1, 0.15) is 21.9 Å². The van der Waals surface area contributed by atoms with Crippen LogP contribution in [0.1, 0.15) is 82.7 Å². The average molecular weight is 1210 g/mol. The summed E-state index contributed by atoms with van der Waals surface area (Å²) >= 11 is 19.1. The van der Waals surface area contributed by atoms with Crippen LogP contribution in [0, 0.1) is 0 Å². The number of aromatic nitrogens is 6. The molecule has 27 heteroatoms. The summed E-state index contributed by atoms with van der Waals surface area (Å²) in [6.45, 7) is 7.46. The number of aromatic carboxylic acids is 1. The summed E-state index contributed by atoms with van der Waals surface area (Å²) in [6.07, 6.45) is 8.17. The van der Waals surface area contributed by atoms with Gasteiger partial charge in [-0.15, -0.1) is 0 Å². The molecule has 4 fully saturated rings. The number of anilines is 4. The van der Waals surface area contributed by atoms with Gasteiger partial charge in [0.2, 0.25) is 20.0 Å². The minimum absolute atomic E-state index is 0.0493. The molecule has 4 N–H and O–H groups in total. The van der Waals surface area contributed by atoms with Crippen LogP contribution in [-0.4, -0.2) is 146 Å². The second-order valence-electron chi connectivity index (χ2n) is 17.7. The van der Waals surface area contributed by atoms with E-state index in [1.165, 1.54) is 25.0 Å². The number of sulfonamides is 2. The molecule has 0 radical (unpaired) electrons. The normalized spacial score (nSPS) is 18.6. The third kappa shape index (κ3) is 14.1. The number of ether oxygens (including phenoxy) is 2. The van der Waals surface area contributed by atoms with E-state index in [0.29, 0.717) is 50.7 Å². The highest BCUT2D eigenvalue weighted by Gasteiger charge is 2.33. The van der Waals surface area contributed by atoms with Crippen LogP contribution in [0.2, 0.25) is 10.3 Å². The van der Waals surface area contributed by atoms with Crippen LogP contribution in [0.5, 0.6) is 0 Å². The number of hydrogen-bond donors (Lipinski definition) is 4. The molecule has 4 aromatic heterocycles. The maximum absolute atomic E-state index is 13.8. The largest absolute Gasteiger partial charge is 0.478 e. The molecule has 4 aliphatic rings. The molecule has 21 nitrogen and oxygen atoms in total. The zero-order valence-electron chi connectivity index (χ0n) is 39.8. The van der Waals surface area contributed by atoms with Gasteiger partial charge in [0.05, 0.1) is 84.9 Å². The van der Waals surface area contributed by atoms with E-state index < -0.39 is 26.0 Å².